The summed E-state index contributed by atoms with van der Waals surface area (Å²) < 4.78 is 1.33. The summed E-state index contributed by atoms with van der Waals surface area (Å²) in [5.41, 5.74) is 1.09. The van der Waals surface area contributed by atoms with Gasteiger partial charge in [0.25, 0.3) is 5.56 Å². The number of anilines is 1. The molecular formula is C18H23ClN4O2. The van der Waals surface area contributed by atoms with Crippen molar-refractivity contribution in [2.75, 3.05) is 38.2 Å². The second kappa shape index (κ2) is 7.99. The van der Waals surface area contributed by atoms with Gasteiger partial charge in [-0.3, -0.25) is 4.79 Å². The van der Waals surface area contributed by atoms with Gasteiger partial charge in [0.2, 0.25) is 0 Å². The molecule has 134 valence electrons. The van der Waals surface area contributed by atoms with E-state index in [9.17, 15) is 4.79 Å². The number of aliphatic hydroxyl groups excluding tert-OH is 1. The summed E-state index contributed by atoms with van der Waals surface area (Å²) in [5, 5.41) is 13.6. The molecule has 2 heterocycles. The number of hydrogen-bond acceptors (Lipinski definition) is 5. The van der Waals surface area contributed by atoms with Gasteiger partial charge >= 0.3 is 0 Å². The van der Waals surface area contributed by atoms with Crippen molar-refractivity contribution < 1.29 is 5.11 Å². The summed E-state index contributed by atoms with van der Waals surface area (Å²) in [6, 6.07) is 9.71. The van der Waals surface area contributed by atoms with E-state index in [0.717, 1.165) is 25.9 Å². The standard InChI is InChI=1S/C18H23ClN4O2/c1-21(11-12-24)14-7-9-22(10-8-14)16-13-20-23(18(25)17(16)19)15-5-3-2-4-6-15/h2-6,13-14,24H,7-12H2,1H3. The third-order valence-electron chi connectivity index (χ3n) is 4.78. The van der Waals surface area contributed by atoms with E-state index in [-0.39, 0.29) is 17.2 Å². The largest absolute Gasteiger partial charge is 0.395 e. The molecule has 1 saturated heterocycles. The van der Waals surface area contributed by atoms with Gasteiger partial charge in [-0.1, -0.05) is 29.8 Å². The van der Waals surface area contributed by atoms with Gasteiger partial charge in [-0.25, -0.2) is 0 Å². The fourth-order valence-corrected chi connectivity index (χ4v) is 3.53. The van der Waals surface area contributed by atoms with Crippen LogP contribution < -0.4 is 10.5 Å². The lowest BCUT2D eigenvalue weighted by Gasteiger charge is -2.37. The van der Waals surface area contributed by atoms with E-state index in [1.807, 2.05) is 37.4 Å². The van der Waals surface area contributed by atoms with Crippen molar-refractivity contribution >= 4 is 17.3 Å². The third-order valence-corrected chi connectivity index (χ3v) is 5.14. The smallest absolute Gasteiger partial charge is 0.292 e. The number of rotatable bonds is 5. The number of aliphatic hydroxyl groups is 1. The number of hydrogen-bond donors (Lipinski definition) is 1. The van der Waals surface area contributed by atoms with Crippen LogP contribution in [0.2, 0.25) is 5.02 Å². The van der Waals surface area contributed by atoms with Crippen LogP contribution in [0, 0.1) is 0 Å². The Kier molecular flexibility index (Phi) is 5.73. The first-order chi connectivity index (χ1) is 12.1. The monoisotopic (exact) mass is 362 g/mol. The van der Waals surface area contributed by atoms with E-state index >= 15 is 0 Å². The summed E-state index contributed by atoms with van der Waals surface area (Å²) in [6.45, 7) is 2.48. The second-order valence-electron chi connectivity index (χ2n) is 6.32. The normalized spacial score (nSPS) is 15.8. The fourth-order valence-electron chi connectivity index (χ4n) is 3.29. The van der Waals surface area contributed by atoms with E-state index in [0.29, 0.717) is 24.0 Å². The van der Waals surface area contributed by atoms with Crippen LogP contribution in [-0.4, -0.2) is 59.1 Å². The highest BCUT2D eigenvalue weighted by Gasteiger charge is 2.24. The Morgan fingerprint density at radius 1 is 1.28 bits per heavy atom. The fraction of sp³-hybridized carbons (Fsp3) is 0.444. The predicted octanol–water partition coefficient (Wildman–Crippen LogP) is 1.78. The van der Waals surface area contributed by atoms with Gasteiger partial charge in [-0.15, -0.1) is 0 Å². The molecule has 0 aliphatic carbocycles. The highest BCUT2D eigenvalue weighted by molar-refractivity contribution is 6.33. The minimum atomic E-state index is -0.301. The lowest BCUT2D eigenvalue weighted by molar-refractivity contribution is 0.162. The number of aromatic nitrogens is 2. The van der Waals surface area contributed by atoms with Crippen LogP contribution in [0.5, 0.6) is 0 Å². The van der Waals surface area contributed by atoms with E-state index < -0.39 is 0 Å². The summed E-state index contributed by atoms with van der Waals surface area (Å²) >= 11 is 6.37. The topological polar surface area (TPSA) is 61.6 Å². The van der Waals surface area contributed by atoms with Gasteiger partial charge < -0.3 is 14.9 Å². The van der Waals surface area contributed by atoms with Crippen LogP contribution >= 0.6 is 11.6 Å². The van der Waals surface area contributed by atoms with Crippen LogP contribution in [0.15, 0.2) is 41.3 Å². The number of piperidine rings is 1. The molecule has 3 rings (SSSR count). The SMILES string of the molecule is CN(CCO)C1CCN(c2cnn(-c3ccccc3)c(=O)c2Cl)CC1. The molecule has 1 aliphatic rings. The number of nitrogens with zero attached hydrogens (tertiary/aromatic N) is 4. The molecule has 1 aromatic heterocycles. The second-order valence-corrected chi connectivity index (χ2v) is 6.70. The maximum Gasteiger partial charge on any atom is 0.292 e. The number of likely N-dealkylation sites (N-methyl/N-ethyl adjacent to an activating group) is 1. The Labute approximate surface area is 152 Å². The molecule has 1 fully saturated rings. The molecule has 2 aromatic rings. The Hall–Kier alpha value is -1.89. The zero-order valence-electron chi connectivity index (χ0n) is 14.3. The Morgan fingerprint density at radius 3 is 2.60 bits per heavy atom. The first kappa shape index (κ1) is 17.9. The van der Waals surface area contributed by atoms with Crippen LogP contribution in [-0.2, 0) is 0 Å². The molecule has 0 atom stereocenters. The molecule has 6 nitrogen and oxygen atoms in total. The maximum atomic E-state index is 12.6. The highest BCUT2D eigenvalue weighted by atomic mass is 35.5. The van der Waals surface area contributed by atoms with Crippen LogP contribution in [0.4, 0.5) is 5.69 Å². The zero-order chi connectivity index (χ0) is 17.8. The molecule has 0 bridgehead atoms. The van der Waals surface area contributed by atoms with Crippen LogP contribution in [0.3, 0.4) is 0 Å². The minimum Gasteiger partial charge on any atom is -0.395 e. The molecule has 0 amide bonds. The first-order valence-corrected chi connectivity index (χ1v) is 8.89. The molecule has 0 spiro atoms. The van der Waals surface area contributed by atoms with Crippen molar-refractivity contribution in [2.45, 2.75) is 18.9 Å². The van der Waals surface area contributed by atoms with Gasteiger partial charge in [0.05, 0.1) is 24.2 Å². The van der Waals surface area contributed by atoms with Crippen molar-refractivity contribution in [3.8, 4) is 5.69 Å². The molecular weight excluding hydrogens is 340 g/mol. The van der Waals surface area contributed by atoms with Gasteiger partial charge in [0.15, 0.2) is 0 Å². The van der Waals surface area contributed by atoms with Crippen LogP contribution in [0.1, 0.15) is 12.8 Å². The minimum absolute atomic E-state index is 0.171. The molecule has 1 N–H and O–H groups in total. The summed E-state index contributed by atoms with van der Waals surface area (Å²) in [5.74, 6) is 0. The Bertz CT molecular complexity index is 757. The third kappa shape index (κ3) is 3.86. The maximum absolute atomic E-state index is 12.6. The quantitative estimate of drug-likeness (QED) is 0.878. The van der Waals surface area contributed by atoms with Crippen molar-refractivity contribution in [3.05, 3.63) is 51.9 Å². The van der Waals surface area contributed by atoms with Gasteiger partial charge in [0.1, 0.15) is 5.02 Å². The molecule has 1 aromatic carbocycles. The van der Waals surface area contributed by atoms with Crippen LogP contribution in [0.25, 0.3) is 5.69 Å². The van der Waals surface area contributed by atoms with E-state index in [1.165, 1.54) is 4.68 Å². The molecule has 25 heavy (non-hydrogen) atoms. The van der Waals surface area contributed by atoms with E-state index in [2.05, 4.69) is 14.9 Å². The molecule has 7 heteroatoms. The van der Waals surface area contributed by atoms with Crippen molar-refractivity contribution in [3.63, 3.8) is 0 Å². The molecule has 0 saturated carbocycles. The molecule has 0 radical (unpaired) electrons. The van der Waals surface area contributed by atoms with Crippen molar-refractivity contribution in [1.82, 2.24) is 14.7 Å². The average molecular weight is 363 g/mol. The zero-order valence-corrected chi connectivity index (χ0v) is 15.1. The molecule has 1 aliphatic heterocycles. The first-order valence-electron chi connectivity index (χ1n) is 8.51. The average Bonchev–Trinajstić information content (AvgIpc) is 2.65. The highest BCUT2D eigenvalue weighted by Crippen LogP contribution is 2.26. The Morgan fingerprint density at radius 2 is 1.96 bits per heavy atom. The van der Waals surface area contributed by atoms with Gasteiger partial charge in [0, 0.05) is 25.7 Å². The lowest BCUT2D eigenvalue weighted by atomic mass is 10.0. The molecule has 0 unspecified atom stereocenters. The predicted molar refractivity (Wildman–Crippen MR) is 99.8 cm³/mol. The number of benzene rings is 1. The Balaban J connectivity index is 1.77. The number of halogens is 1. The van der Waals surface area contributed by atoms with Gasteiger partial charge in [-0.05, 0) is 32.0 Å². The van der Waals surface area contributed by atoms with Gasteiger partial charge in [-0.2, -0.15) is 9.78 Å². The van der Waals surface area contributed by atoms with E-state index in [1.54, 1.807) is 6.20 Å². The van der Waals surface area contributed by atoms with Crippen molar-refractivity contribution in [2.24, 2.45) is 0 Å². The summed E-state index contributed by atoms with van der Waals surface area (Å²) in [4.78, 5) is 16.9. The van der Waals surface area contributed by atoms with Crippen molar-refractivity contribution in [1.29, 1.82) is 0 Å². The number of para-hydroxylation sites is 1. The lowest BCUT2D eigenvalue weighted by Crippen LogP contribution is -2.44. The van der Waals surface area contributed by atoms with E-state index in [4.69, 9.17) is 16.7 Å². The summed E-state index contributed by atoms with van der Waals surface area (Å²) in [7, 11) is 2.03. The summed E-state index contributed by atoms with van der Waals surface area (Å²) in [6.07, 6.45) is 3.61.